The number of thiocarbonyl (C=S) groups is 1. The van der Waals surface area contributed by atoms with E-state index in [-0.39, 0.29) is 12.6 Å². The van der Waals surface area contributed by atoms with Crippen LogP contribution in [0.1, 0.15) is 54.7 Å². The highest BCUT2D eigenvalue weighted by molar-refractivity contribution is 7.80. The van der Waals surface area contributed by atoms with Crippen molar-refractivity contribution < 1.29 is 9.53 Å². The summed E-state index contributed by atoms with van der Waals surface area (Å²) in [5, 5.41) is 18.2. The summed E-state index contributed by atoms with van der Waals surface area (Å²) in [4.78, 5) is 15.7. The third kappa shape index (κ3) is 6.86. The number of nitrogens with zero attached hydrogens (tertiary/aromatic N) is 4. The smallest absolute Gasteiger partial charge is 0.338 e. The zero-order chi connectivity index (χ0) is 28.6. The summed E-state index contributed by atoms with van der Waals surface area (Å²) in [6, 6.07) is 25.9. The minimum Gasteiger partial charge on any atom is -0.457 e. The lowest BCUT2D eigenvalue weighted by Gasteiger charge is -2.37. The van der Waals surface area contributed by atoms with Crippen molar-refractivity contribution in [3.63, 3.8) is 0 Å². The van der Waals surface area contributed by atoms with Crippen LogP contribution in [0.25, 0.3) is 11.1 Å². The molecule has 1 atom stereocenters. The molecular weight excluding hydrogens is 532 g/mol. The zero-order valence-electron chi connectivity index (χ0n) is 23.3. The van der Waals surface area contributed by atoms with E-state index >= 15 is 0 Å². The first-order valence-electron chi connectivity index (χ1n) is 13.9. The number of ether oxygens (including phenoxy) is 1. The van der Waals surface area contributed by atoms with Gasteiger partial charge in [-0.2, -0.15) is 5.21 Å². The largest absolute Gasteiger partial charge is 0.457 e. The van der Waals surface area contributed by atoms with Crippen molar-refractivity contribution in [2.75, 3.05) is 6.54 Å². The normalized spacial score (nSPS) is 15.1. The SMILES string of the molecule is CC1=C(C(=O)OCc2ccccc2)C(c2ccc(-c3ccccc3C)cc2)NC(=S)N1CCCCCc1nn[nH]n1. The van der Waals surface area contributed by atoms with E-state index in [0.29, 0.717) is 17.2 Å². The first-order chi connectivity index (χ1) is 20.0. The van der Waals surface area contributed by atoms with Crippen LogP contribution in [0.2, 0.25) is 0 Å². The minimum atomic E-state index is -0.411. The van der Waals surface area contributed by atoms with Gasteiger partial charge in [0.25, 0.3) is 0 Å². The molecule has 0 fully saturated rings. The maximum Gasteiger partial charge on any atom is 0.338 e. The van der Waals surface area contributed by atoms with Gasteiger partial charge in [0.1, 0.15) is 6.61 Å². The fourth-order valence-corrected chi connectivity index (χ4v) is 5.48. The molecule has 0 amide bonds. The molecule has 9 heteroatoms. The van der Waals surface area contributed by atoms with Crippen LogP contribution in [0.4, 0.5) is 0 Å². The van der Waals surface area contributed by atoms with Gasteiger partial charge in [-0.3, -0.25) is 0 Å². The van der Waals surface area contributed by atoms with E-state index < -0.39 is 6.04 Å². The van der Waals surface area contributed by atoms with Crippen LogP contribution in [-0.2, 0) is 22.6 Å². The monoisotopic (exact) mass is 566 g/mol. The number of allylic oxidation sites excluding steroid dienone is 1. The zero-order valence-corrected chi connectivity index (χ0v) is 24.2. The Hall–Kier alpha value is -4.37. The number of esters is 1. The molecule has 41 heavy (non-hydrogen) atoms. The van der Waals surface area contributed by atoms with Crippen LogP contribution in [0.15, 0.2) is 90.1 Å². The third-order valence-electron chi connectivity index (χ3n) is 7.40. The van der Waals surface area contributed by atoms with Crippen LogP contribution in [0.5, 0.6) is 0 Å². The summed E-state index contributed by atoms with van der Waals surface area (Å²) in [7, 11) is 0. The fraction of sp³-hybridized carbons (Fsp3) is 0.281. The molecule has 1 aliphatic heterocycles. The van der Waals surface area contributed by atoms with Crippen LogP contribution in [0.3, 0.4) is 0 Å². The van der Waals surface area contributed by atoms with Crippen LogP contribution in [0, 0.1) is 6.92 Å². The molecule has 210 valence electrons. The molecule has 1 aromatic heterocycles. The molecule has 3 aromatic carbocycles. The van der Waals surface area contributed by atoms with Crippen molar-refractivity contribution in [3.05, 3.63) is 113 Å². The van der Waals surface area contributed by atoms with E-state index in [2.05, 4.69) is 69.3 Å². The Bertz CT molecular complexity index is 1500. The number of aromatic nitrogens is 4. The highest BCUT2D eigenvalue weighted by Crippen LogP contribution is 2.33. The lowest BCUT2D eigenvalue weighted by atomic mass is 9.92. The molecule has 5 rings (SSSR count). The second kappa shape index (κ2) is 13.3. The molecule has 2 N–H and O–H groups in total. The van der Waals surface area contributed by atoms with Gasteiger partial charge in [-0.15, -0.1) is 10.2 Å². The lowest BCUT2D eigenvalue weighted by molar-refractivity contribution is -0.140. The van der Waals surface area contributed by atoms with Crippen molar-refractivity contribution >= 4 is 23.3 Å². The highest BCUT2D eigenvalue weighted by atomic mass is 32.1. The van der Waals surface area contributed by atoms with Crippen molar-refractivity contribution in [2.45, 2.75) is 52.2 Å². The first-order valence-corrected chi connectivity index (χ1v) is 14.3. The molecule has 2 heterocycles. The number of H-pyrrole nitrogens is 1. The van der Waals surface area contributed by atoms with Gasteiger partial charge in [-0.25, -0.2) is 4.79 Å². The second-order valence-corrected chi connectivity index (χ2v) is 10.6. The second-order valence-electron chi connectivity index (χ2n) is 10.2. The van der Waals surface area contributed by atoms with Crippen molar-refractivity contribution in [1.82, 2.24) is 30.8 Å². The number of carbonyl (C=O) groups is 1. The number of unbranched alkanes of at least 4 members (excludes halogenated alkanes) is 2. The Labute approximate surface area is 245 Å². The average molecular weight is 567 g/mol. The van der Waals surface area contributed by atoms with Gasteiger partial charge in [0.15, 0.2) is 10.9 Å². The molecule has 0 radical (unpaired) electrons. The molecule has 0 spiro atoms. The van der Waals surface area contributed by atoms with E-state index in [1.165, 1.54) is 11.1 Å². The molecule has 1 aliphatic rings. The molecule has 0 saturated heterocycles. The minimum absolute atomic E-state index is 0.204. The number of aromatic amines is 1. The number of nitrogens with one attached hydrogen (secondary N) is 2. The molecule has 8 nitrogen and oxygen atoms in total. The number of hydrogen-bond donors (Lipinski definition) is 2. The van der Waals surface area contributed by atoms with Crippen molar-refractivity contribution in [2.24, 2.45) is 0 Å². The number of carbonyl (C=O) groups excluding carboxylic acids is 1. The van der Waals surface area contributed by atoms with Gasteiger partial charge >= 0.3 is 5.97 Å². The summed E-state index contributed by atoms with van der Waals surface area (Å²) in [5.74, 6) is 0.368. The quantitative estimate of drug-likeness (QED) is 0.133. The fourth-order valence-electron chi connectivity index (χ4n) is 5.14. The van der Waals surface area contributed by atoms with Gasteiger partial charge in [-0.05, 0) is 66.7 Å². The number of aryl methyl sites for hydroxylation is 2. The Morgan fingerprint density at radius 1 is 0.951 bits per heavy atom. The maximum atomic E-state index is 13.6. The number of rotatable bonds is 11. The summed E-state index contributed by atoms with van der Waals surface area (Å²) in [5.41, 5.74) is 6.81. The molecular formula is C32H34N6O2S. The van der Waals surface area contributed by atoms with E-state index in [4.69, 9.17) is 17.0 Å². The van der Waals surface area contributed by atoms with Gasteiger partial charge < -0.3 is 15.0 Å². The van der Waals surface area contributed by atoms with Crippen LogP contribution >= 0.6 is 12.2 Å². The Morgan fingerprint density at radius 3 is 2.44 bits per heavy atom. The molecule has 4 aromatic rings. The Balaban J connectivity index is 1.36. The Morgan fingerprint density at radius 2 is 1.71 bits per heavy atom. The summed E-state index contributed by atoms with van der Waals surface area (Å²) in [6.45, 7) is 4.96. The average Bonchev–Trinajstić information content (AvgIpc) is 3.51. The van der Waals surface area contributed by atoms with Crippen molar-refractivity contribution in [3.8, 4) is 11.1 Å². The van der Waals surface area contributed by atoms with Gasteiger partial charge in [0, 0.05) is 18.7 Å². The maximum absolute atomic E-state index is 13.6. The van der Waals surface area contributed by atoms with E-state index in [1.54, 1.807) is 0 Å². The number of benzene rings is 3. The summed E-state index contributed by atoms with van der Waals surface area (Å²) in [6.07, 6.45) is 3.58. The third-order valence-corrected chi connectivity index (χ3v) is 7.74. The van der Waals surface area contributed by atoms with Crippen LogP contribution in [-0.4, -0.2) is 43.2 Å². The molecule has 0 bridgehead atoms. The van der Waals surface area contributed by atoms with Gasteiger partial charge in [-0.1, -0.05) is 90.5 Å². The van der Waals surface area contributed by atoms with E-state index in [1.807, 2.05) is 54.3 Å². The van der Waals surface area contributed by atoms with Gasteiger partial charge in [0.2, 0.25) is 0 Å². The van der Waals surface area contributed by atoms with E-state index in [0.717, 1.165) is 53.9 Å². The molecule has 0 aliphatic carbocycles. The first kappa shape index (κ1) is 28.2. The molecule has 1 unspecified atom stereocenters. The lowest BCUT2D eigenvalue weighted by Crippen LogP contribution is -2.48. The number of tetrazole rings is 1. The highest BCUT2D eigenvalue weighted by Gasteiger charge is 2.34. The Kier molecular flexibility index (Phi) is 9.15. The summed E-state index contributed by atoms with van der Waals surface area (Å²) >= 11 is 5.82. The summed E-state index contributed by atoms with van der Waals surface area (Å²) < 4.78 is 5.84. The van der Waals surface area contributed by atoms with Gasteiger partial charge in [0.05, 0.1) is 11.6 Å². The molecule has 0 saturated carbocycles. The predicted octanol–water partition coefficient (Wildman–Crippen LogP) is 5.84. The van der Waals surface area contributed by atoms with Crippen molar-refractivity contribution in [1.29, 1.82) is 0 Å². The van der Waals surface area contributed by atoms with E-state index in [9.17, 15) is 4.79 Å². The van der Waals surface area contributed by atoms with Crippen LogP contribution < -0.4 is 5.32 Å². The topological polar surface area (TPSA) is 96.0 Å². The number of hydrogen-bond acceptors (Lipinski definition) is 6. The standard InChI is InChI=1S/C32H34N6O2S/c1-22-11-8-9-14-27(22)25-16-18-26(19-17-25)30-29(31(39)40-21-24-12-5-3-6-13-24)23(2)38(32(41)33-30)20-10-4-7-15-28-34-36-37-35-28/h3,5-6,8-9,11-14,16-19,30H,4,7,10,15,20-21H2,1-2H3,(H,33,41)(H,34,35,36,37). The predicted molar refractivity (Wildman–Crippen MR) is 162 cm³/mol.